The summed E-state index contributed by atoms with van der Waals surface area (Å²) in [5, 5.41) is 7.55. The third-order valence-electron chi connectivity index (χ3n) is 4.15. The van der Waals surface area contributed by atoms with Crippen molar-refractivity contribution in [1.29, 1.82) is 0 Å². The van der Waals surface area contributed by atoms with Gasteiger partial charge in [-0.3, -0.25) is 4.68 Å². The van der Waals surface area contributed by atoms with Crippen LogP contribution < -0.4 is 5.32 Å². The van der Waals surface area contributed by atoms with Gasteiger partial charge in [0.05, 0.1) is 10.6 Å². The Bertz CT molecular complexity index is 1010. The summed E-state index contributed by atoms with van der Waals surface area (Å²) in [6, 6.07) is 17.0. The number of nitrogens with zero attached hydrogens (tertiary/aromatic N) is 3. The number of benzene rings is 2. The molecule has 0 spiro atoms. The topological polar surface area (TPSA) is 67.2 Å². The van der Waals surface area contributed by atoms with Crippen LogP contribution in [0.3, 0.4) is 0 Å². The number of anilines is 1. The fraction of sp³-hybridized carbons (Fsp3) is 0.211. The predicted molar refractivity (Wildman–Crippen MR) is 103 cm³/mol. The minimum Gasteiger partial charge on any atom is -0.381 e. The first kappa shape index (κ1) is 18.2. The first-order valence-electron chi connectivity index (χ1n) is 8.22. The first-order valence-corrected chi connectivity index (χ1v) is 9.66. The van der Waals surface area contributed by atoms with Crippen molar-refractivity contribution in [2.45, 2.75) is 11.4 Å². The van der Waals surface area contributed by atoms with Crippen LogP contribution in [0.25, 0.3) is 11.3 Å². The Morgan fingerprint density at radius 2 is 1.85 bits per heavy atom. The third-order valence-corrected chi connectivity index (χ3v) is 5.96. The second-order valence-corrected chi connectivity index (χ2v) is 8.36. The van der Waals surface area contributed by atoms with Gasteiger partial charge in [-0.25, -0.2) is 12.7 Å². The van der Waals surface area contributed by atoms with Gasteiger partial charge in [0.2, 0.25) is 10.0 Å². The van der Waals surface area contributed by atoms with Gasteiger partial charge in [-0.15, -0.1) is 0 Å². The molecule has 7 heteroatoms. The molecule has 1 aromatic heterocycles. The summed E-state index contributed by atoms with van der Waals surface area (Å²) in [5.41, 5.74) is 3.97. The largest absolute Gasteiger partial charge is 0.381 e. The van der Waals surface area contributed by atoms with E-state index in [0.29, 0.717) is 11.4 Å². The molecule has 0 aliphatic rings. The van der Waals surface area contributed by atoms with Crippen molar-refractivity contribution in [3.63, 3.8) is 0 Å². The summed E-state index contributed by atoms with van der Waals surface area (Å²) in [6.45, 7) is 0.533. The normalized spacial score (nSPS) is 11.7. The number of hydrogen-bond donors (Lipinski definition) is 1. The summed E-state index contributed by atoms with van der Waals surface area (Å²) in [4.78, 5) is 0.297. The van der Waals surface area contributed by atoms with Crippen molar-refractivity contribution in [3.8, 4) is 11.3 Å². The van der Waals surface area contributed by atoms with Gasteiger partial charge in [0, 0.05) is 45.1 Å². The Balaban J connectivity index is 1.77. The zero-order valence-electron chi connectivity index (χ0n) is 15.0. The number of sulfonamides is 1. The summed E-state index contributed by atoms with van der Waals surface area (Å²) in [6.07, 6.45) is 1.77. The van der Waals surface area contributed by atoms with Gasteiger partial charge in [0.15, 0.2) is 0 Å². The van der Waals surface area contributed by atoms with E-state index in [9.17, 15) is 8.42 Å². The van der Waals surface area contributed by atoms with Crippen LogP contribution in [0.5, 0.6) is 0 Å². The Labute approximate surface area is 154 Å². The van der Waals surface area contributed by atoms with E-state index < -0.39 is 10.0 Å². The molecule has 3 rings (SSSR count). The number of aryl methyl sites for hydroxylation is 1. The fourth-order valence-corrected chi connectivity index (χ4v) is 3.65. The average Bonchev–Trinajstić information content (AvgIpc) is 3.06. The molecular weight excluding hydrogens is 348 g/mol. The minimum atomic E-state index is -3.43. The number of hydrogen-bond acceptors (Lipinski definition) is 4. The molecule has 0 radical (unpaired) electrons. The summed E-state index contributed by atoms with van der Waals surface area (Å²) in [7, 11) is 1.55. The van der Waals surface area contributed by atoms with Gasteiger partial charge in [-0.1, -0.05) is 24.3 Å². The fourth-order valence-electron chi connectivity index (χ4n) is 2.68. The van der Waals surface area contributed by atoms with Crippen molar-refractivity contribution in [2.75, 3.05) is 19.4 Å². The lowest BCUT2D eigenvalue weighted by atomic mass is 10.1. The molecule has 0 amide bonds. The van der Waals surface area contributed by atoms with Crippen molar-refractivity contribution in [3.05, 3.63) is 66.4 Å². The lowest BCUT2D eigenvalue weighted by molar-refractivity contribution is 0.520. The molecule has 2 aromatic carbocycles. The predicted octanol–water partition coefficient (Wildman–Crippen LogP) is 2.95. The smallest absolute Gasteiger partial charge is 0.242 e. The SMILES string of the molecule is CN(C)S(=O)(=O)c1cccc(CNc2cccc(-c3ccnn3C)c2)c1. The van der Waals surface area contributed by atoms with Gasteiger partial charge in [0.1, 0.15) is 0 Å². The zero-order valence-corrected chi connectivity index (χ0v) is 15.9. The van der Waals surface area contributed by atoms with E-state index >= 15 is 0 Å². The molecule has 0 unspecified atom stereocenters. The summed E-state index contributed by atoms with van der Waals surface area (Å²) < 4.78 is 27.6. The van der Waals surface area contributed by atoms with Crippen LogP contribution in [-0.4, -0.2) is 36.6 Å². The van der Waals surface area contributed by atoms with E-state index in [1.54, 1.807) is 24.4 Å². The van der Waals surface area contributed by atoms with E-state index in [2.05, 4.69) is 16.5 Å². The summed E-state index contributed by atoms with van der Waals surface area (Å²) in [5.74, 6) is 0. The van der Waals surface area contributed by atoms with E-state index in [1.807, 2.05) is 42.1 Å². The highest BCUT2D eigenvalue weighted by Crippen LogP contribution is 2.22. The van der Waals surface area contributed by atoms with Crippen LogP contribution in [0.15, 0.2) is 65.7 Å². The molecule has 1 N–H and O–H groups in total. The molecule has 0 aliphatic heterocycles. The van der Waals surface area contributed by atoms with Crippen LogP contribution in [0.4, 0.5) is 5.69 Å². The molecule has 3 aromatic rings. The number of rotatable bonds is 6. The lowest BCUT2D eigenvalue weighted by Gasteiger charge is -2.13. The molecule has 6 nitrogen and oxygen atoms in total. The molecule has 0 saturated carbocycles. The highest BCUT2D eigenvalue weighted by atomic mass is 32.2. The lowest BCUT2D eigenvalue weighted by Crippen LogP contribution is -2.22. The number of aromatic nitrogens is 2. The minimum absolute atomic E-state index is 0.297. The van der Waals surface area contributed by atoms with Gasteiger partial charge >= 0.3 is 0 Å². The van der Waals surface area contributed by atoms with E-state index in [-0.39, 0.29) is 0 Å². The van der Waals surface area contributed by atoms with Crippen LogP contribution in [0, 0.1) is 0 Å². The monoisotopic (exact) mass is 370 g/mol. The number of nitrogens with one attached hydrogen (secondary N) is 1. The van der Waals surface area contributed by atoms with Crippen molar-refractivity contribution in [2.24, 2.45) is 7.05 Å². The standard InChI is InChI=1S/C19H22N4O2S/c1-22(2)26(24,25)18-9-4-6-15(12-18)14-20-17-8-5-7-16(13-17)19-10-11-21-23(19)3/h4-13,20H,14H2,1-3H3. The van der Waals surface area contributed by atoms with Gasteiger partial charge < -0.3 is 5.32 Å². The molecule has 26 heavy (non-hydrogen) atoms. The van der Waals surface area contributed by atoms with E-state index in [1.165, 1.54) is 18.4 Å². The van der Waals surface area contributed by atoms with Crippen molar-refractivity contribution >= 4 is 15.7 Å². The second kappa shape index (κ2) is 7.31. The molecule has 0 aliphatic carbocycles. The van der Waals surface area contributed by atoms with Crippen LogP contribution >= 0.6 is 0 Å². The van der Waals surface area contributed by atoms with Crippen LogP contribution in [0.2, 0.25) is 0 Å². The molecule has 0 atom stereocenters. The maximum absolute atomic E-state index is 12.3. The van der Waals surface area contributed by atoms with Gasteiger partial charge in [-0.05, 0) is 35.9 Å². The Morgan fingerprint density at radius 1 is 1.08 bits per heavy atom. The van der Waals surface area contributed by atoms with E-state index in [4.69, 9.17) is 0 Å². The van der Waals surface area contributed by atoms with E-state index in [0.717, 1.165) is 22.5 Å². The highest BCUT2D eigenvalue weighted by molar-refractivity contribution is 7.89. The molecule has 1 heterocycles. The molecular formula is C19H22N4O2S. The molecule has 136 valence electrons. The summed E-state index contributed by atoms with van der Waals surface area (Å²) >= 11 is 0. The van der Waals surface area contributed by atoms with Crippen LogP contribution in [0.1, 0.15) is 5.56 Å². The quantitative estimate of drug-likeness (QED) is 0.724. The molecule has 0 fully saturated rings. The maximum Gasteiger partial charge on any atom is 0.242 e. The van der Waals surface area contributed by atoms with Crippen LogP contribution in [-0.2, 0) is 23.6 Å². The van der Waals surface area contributed by atoms with Gasteiger partial charge in [0.25, 0.3) is 0 Å². The van der Waals surface area contributed by atoms with Crippen molar-refractivity contribution < 1.29 is 8.42 Å². The Hall–Kier alpha value is -2.64. The molecule has 0 bridgehead atoms. The van der Waals surface area contributed by atoms with Gasteiger partial charge in [-0.2, -0.15) is 5.10 Å². The maximum atomic E-state index is 12.3. The second-order valence-electron chi connectivity index (χ2n) is 6.21. The highest BCUT2D eigenvalue weighted by Gasteiger charge is 2.17. The zero-order chi connectivity index (χ0) is 18.7. The Kier molecular flexibility index (Phi) is 5.11. The Morgan fingerprint density at radius 3 is 2.54 bits per heavy atom. The average molecular weight is 370 g/mol. The molecule has 0 saturated heterocycles. The van der Waals surface area contributed by atoms with Crippen molar-refractivity contribution in [1.82, 2.24) is 14.1 Å². The third kappa shape index (κ3) is 3.79. The first-order chi connectivity index (χ1) is 12.4.